The molecule has 2 fully saturated rings. The number of benzene rings is 1. The summed E-state index contributed by atoms with van der Waals surface area (Å²) in [5, 5.41) is 0. The van der Waals surface area contributed by atoms with Crippen molar-refractivity contribution in [1.29, 1.82) is 0 Å². The van der Waals surface area contributed by atoms with E-state index in [0.29, 0.717) is 19.5 Å². The van der Waals surface area contributed by atoms with Crippen LogP contribution in [-0.2, 0) is 20.3 Å². The molecule has 3 rings (SSSR count). The van der Waals surface area contributed by atoms with Gasteiger partial charge in [-0.1, -0.05) is 37.3 Å². The number of nitrogens with zero attached hydrogens (tertiary/aromatic N) is 2. The molecule has 0 aliphatic carbocycles. The molecule has 1 aromatic carbocycles. The van der Waals surface area contributed by atoms with Gasteiger partial charge in [0.25, 0.3) is 0 Å². The summed E-state index contributed by atoms with van der Waals surface area (Å²) in [5.41, 5.74) is 1.24. The van der Waals surface area contributed by atoms with Crippen LogP contribution in [-0.4, -0.2) is 62.8 Å². The average Bonchev–Trinajstić information content (AvgIpc) is 2.63. The van der Waals surface area contributed by atoms with Crippen molar-refractivity contribution < 1.29 is 13.2 Å². The third kappa shape index (κ3) is 3.52. The van der Waals surface area contributed by atoms with E-state index < -0.39 is 10.0 Å². The van der Waals surface area contributed by atoms with E-state index in [4.69, 9.17) is 4.74 Å². The number of hydrogen-bond donors (Lipinski definition) is 0. The molecule has 0 unspecified atom stereocenters. The van der Waals surface area contributed by atoms with Gasteiger partial charge in [-0.25, -0.2) is 12.7 Å². The van der Waals surface area contributed by atoms with Gasteiger partial charge in [0.05, 0.1) is 19.0 Å². The number of piperidine rings is 1. The van der Waals surface area contributed by atoms with Crippen LogP contribution in [0.4, 0.5) is 0 Å². The fourth-order valence-electron chi connectivity index (χ4n) is 4.05. The third-order valence-electron chi connectivity index (χ3n) is 5.33. The second-order valence-corrected chi connectivity index (χ2v) is 8.80. The number of sulfonamides is 1. The normalized spacial score (nSPS) is 23.2. The Morgan fingerprint density at radius 1 is 1.04 bits per heavy atom. The lowest BCUT2D eigenvalue weighted by Crippen LogP contribution is -2.57. The molecule has 0 amide bonds. The molecule has 0 saturated carbocycles. The van der Waals surface area contributed by atoms with Crippen LogP contribution in [0.1, 0.15) is 31.7 Å². The molecule has 0 spiro atoms. The molecular formula is C18H28N2O3S. The van der Waals surface area contributed by atoms with E-state index in [1.165, 1.54) is 5.56 Å². The predicted octanol–water partition coefficient (Wildman–Crippen LogP) is 2.05. The quantitative estimate of drug-likeness (QED) is 0.814. The van der Waals surface area contributed by atoms with E-state index in [1.807, 2.05) is 13.0 Å². The Bertz CT molecular complexity index is 619. The van der Waals surface area contributed by atoms with Crippen LogP contribution in [0.2, 0.25) is 0 Å². The predicted molar refractivity (Wildman–Crippen MR) is 95.4 cm³/mol. The molecule has 2 aliphatic heterocycles. The van der Waals surface area contributed by atoms with Crippen molar-refractivity contribution >= 4 is 10.0 Å². The first kappa shape index (κ1) is 17.9. The molecule has 134 valence electrons. The fraction of sp³-hybridized carbons (Fsp3) is 0.667. The first-order valence-corrected chi connectivity index (χ1v) is 10.6. The van der Waals surface area contributed by atoms with Gasteiger partial charge in [0.15, 0.2) is 0 Å². The van der Waals surface area contributed by atoms with Gasteiger partial charge in [0.1, 0.15) is 0 Å². The zero-order chi connectivity index (χ0) is 17.0. The number of ether oxygens (including phenoxy) is 1. The lowest BCUT2D eigenvalue weighted by Gasteiger charge is -2.50. The summed E-state index contributed by atoms with van der Waals surface area (Å²) in [5.74, 6) is 0.253. The zero-order valence-electron chi connectivity index (χ0n) is 14.5. The number of rotatable bonds is 5. The van der Waals surface area contributed by atoms with E-state index >= 15 is 0 Å². The maximum atomic E-state index is 12.4. The van der Waals surface area contributed by atoms with Crippen molar-refractivity contribution in [2.75, 3.05) is 45.1 Å². The van der Waals surface area contributed by atoms with E-state index in [2.05, 4.69) is 29.2 Å². The monoisotopic (exact) mass is 352 g/mol. The number of morpholine rings is 1. The summed E-state index contributed by atoms with van der Waals surface area (Å²) in [4.78, 5) is 2.51. The minimum atomic E-state index is -3.11. The highest BCUT2D eigenvalue weighted by atomic mass is 32.2. The van der Waals surface area contributed by atoms with Crippen LogP contribution < -0.4 is 0 Å². The molecule has 5 nitrogen and oxygen atoms in total. The Morgan fingerprint density at radius 2 is 1.67 bits per heavy atom. The van der Waals surface area contributed by atoms with Crippen LogP contribution in [0, 0.1) is 0 Å². The Labute approximate surface area is 145 Å². The summed E-state index contributed by atoms with van der Waals surface area (Å²) >= 11 is 0. The zero-order valence-corrected chi connectivity index (χ0v) is 15.3. The first-order chi connectivity index (χ1) is 11.6. The Hall–Kier alpha value is -0.950. The maximum absolute atomic E-state index is 12.4. The van der Waals surface area contributed by atoms with Gasteiger partial charge < -0.3 is 4.74 Å². The van der Waals surface area contributed by atoms with Crippen LogP contribution in [0.25, 0.3) is 0 Å². The van der Waals surface area contributed by atoms with Crippen LogP contribution >= 0.6 is 0 Å². The third-order valence-corrected chi connectivity index (χ3v) is 7.41. The highest BCUT2D eigenvalue weighted by Gasteiger charge is 2.43. The Morgan fingerprint density at radius 3 is 2.25 bits per heavy atom. The summed E-state index contributed by atoms with van der Waals surface area (Å²) in [6.07, 6.45) is 2.37. The van der Waals surface area contributed by atoms with Crippen molar-refractivity contribution in [3.05, 3.63) is 35.9 Å². The molecule has 0 atom stereocenters. The van der Waals surface area contributed by atoms with Gasteiger partial charge >= 0.3 is 0 Å². The molecule has 2 heterocycles. The van der Waals surface area contributed by atoms with E-state index in [9.17, 15) is 8.42 Å². The topological polar surface area (TPSA) is 49.9 Å². The van der Waals surface area contributed by atoms with Crippen molar-refractivity contribution in [3.63, 3.8) is 0 Å². The lowest BCUT2D eigenvalue weighted by atomic mass is 9.79. The minimum Gasteiger partial charge on any atom is -0.379 e. The maximum Gasteiger partial charge on any atom is 0.214 e. The Balaban J connectivity index is 1.84. The molecule has 24 heavy (non-hydrogen) atoms. The second-order valence-electron chi connectivity index (χ2n) is 6.71. The molecule has 1 aromatic rings. The van der Waals surface area contributed by atoms with Crippen molar-refractivity contribution in [1.82, 2.24) is 9.21 Å². The van der Waals surface area contributed by atoms with Crippen molar-refractivity contribution in [3.8, 4) is 0 Å². The van der Waals surface area contributed by atoms with Crippen molar-refractivity contribution in [2.24, 2.45) is 0 Å². The average molecular weight is 353 g/mol. The fourth-order valence-corrected chi connectivity index (χ4v) is 5.56. The second kappa shape index (κ2) is 7.52. The van der Waals surface area contributed by atoms with Gasteiger partial charge in [0, 0.05) is 31.7 Å². The molecule has 0 radical (unpaired) electrons. The van der Waals surface area contributed by atoms with Crippen LogP contribution in [0.15, 0.2) is 30.3 Å². The van der Waals surface area contributed by atoms with Crippen LogP contribution in [0.3, 0.4) is 0 Å². The molecule has 0 bridgehead atoms. The SMILES string of the molecule is CCCS(=O)(=O)N1CCC(c2ccccc2)(N2CCOCC2)CC1. The highest BCUT2D eigenvalue weighted by Crippen LogP contribution is 2.40. The molecule has 0 aromatic heterocycles. The van der Waals surface area contributed by atoms with Gasteiger partial charge in [-0.05, 0) is 24.8 Å². The standard InChI is InChI=1S/C18H28N2O3S/c1-2-16-24(21,22)20-10-8-18(9-11-20,17-6-4-3-5-7-17)19-12-14-23-15-13-19/h3-7H,2,8-16H2,1H3. The van der Waals surface area contributed by atoms with Gasteiger partial charge in [0.2, 0.25) is 10.0 Å². The molecule has 6 heteroatoms. The Kier molecular flexibility index (Phi) is 5.59. The first-order valence-electron chi connectivity index (χ1n) is 8.95. The van der Waals surface area contributed by atoms with Gasteiger partial charge in [-0.3, -0.25) is 4.90 Å². The highest BCUT2D eigenvalue weighted by molar-refractivity contribution is 7.89. The molecule has 0 N–H and O–H groups in total. The smallest absolute Gasteiger partial charge is 0.214 e. The summed E-state index contributed by atoms with van der Waals surface area (Å²) < 4.78 is 32.0. The lowest BCUT2D eigenvalue weighted by molar-refractivity contribution is -0.0439. The summed E-state index contributed by atoms with van der Waals surface area (Å²) in [6, 6.07) is 10.6. The molecular weight excluding hydrogens is 324 g/mol. The van der Waals surface area contributed by atoms with E-state index in [1.54, 1.807) is 4.31 Å². The van der Waals surface area contributed by atoms with Gasteiger partial charge in [-0.15, -0.1) is 0 Å². The molecule has 2 saturated heterocycles. The van der Waals surface area contributed by atoms with Gasteiger partial charge in [-0.2, -0.15) is 0 Å². The largest absolute Gasteiger partial charge is 0.379 e. The number of hydrogen-bond acceptors (Lipinski definition) is 4. The minimum absolute atomic E-state index is 0.0662. The van der Waals surface area contributed by atoms with Crippen LogP contribution in [0.5, 0.6) is 0 Å². The van der Waals surface area contributed by atoms with E-state index in [0.717, 1.165) is 39.1 Å². The summed E-state index contributed by atoms with van der Waals surface area (Å²) in [7, 11) is -3.11. The summed E-state index contributed by atoms with van der Waals surface area (Å²) in [6.45, 7) is 6.47. The van der Waals surface area contributed by atoms with E-state index in [-0.39, 0.29) is 11.3 Å². The van der Waals surface area contributed by atoms with Crippen molar-refractivity contribution in [2.45, 2.75) is 31.7 Å². The molecule has 2 aliphatic rings.